The topological polar surface area (TPSA) is 83.5 Å². The minimum Gasteiger partial charge on any atom is -0.748 e. The fraction of sp³-hybridized carbons (Fsp3) is 0.857. The van der Waals surface area contributed by atoms with Gasteiger partial charge in [0.05, 0.1) is 16.7 Å². The van der Waals surface area contributed by atoms with Gasteiger partial charge in [0.15, 0.2) is 0 Å². The Hall–Kier alpha value is 0.380. The molecule has 0 saturated carbocycles. The smallest absolute Gasteiger partial charge is 0.748 e. The molecular formula is C7H13NaO5S. The average Bonchev–Trinajstić information content (AvgIpc) is 1.97. The van der Waals surface area contributed by atoms with Crippen LogP contribution >= 0.6 is 0 Å². The molecule has 0 saturated heterocycles. The first-order valence-corrected chi connectivity index (χ1v) is 5.62. The predicted octanol–water partition coefficient (Wildman–Crippen LogP) is -2.73. The van der Waals surface area contributed by atoms with Crippen LogP contribution in [-0.2, 0) is 19.6 Å². The van der Waals surface area contributed by atoms with Gasteiger partial charge in [-0.15, -0.1) is 0 Å². The van der Waals surface area contributed by atoms with Gasteiger partial charge in [0.1, 0.15) is 0 Å². The molecule has 0 spiro atoms. The van der Waals surface area contributed by atoms with Crippen LogP contribution < -0.4 is 29.6 Å². The molecule has 78 valence electrons. The largest absolute Gasteiger partial charge is 1.00 e. The molecule has 5 nitrogen and oxygen atoms in total. The number of carbonyl (C=O) groups excluding carboxylic acids is 1. The Morgan fingerprint density at radius 1 is 1.43 bits per heavy atom. The van der Waals surface area contributed by atoms with Gasteiger partial charge in [-0.05, 0) is 12.8 Å². The second-order valence-electron chi connectivity index (χ2n) is 2.59. The summed E-state index contributed by atoms with van der Waals surface area (Å²) in [5.41, 5.74) is 0. The minimum absolute atomic E-state index is 0. The number of ether oxygens (including phenoxy) is 1. The van der Waals surface area contributed by atoms with E-state index in [1.807, 2.05) is 6.92 Å². The molecule has 0 rings (SSSR count). The van der Waals surface area contributed by atoms with Crippen LogP contribution in [-0.4, -0.2) is 31.3 Å². The Morgan fingerprint density at radius 2 is 2.00 bits per heavy atom. The van der Waals surface area contributed by atoms with Crippen LogP contribution in [0.2, 0.25) is 0 Å². The molecular weight excluding hydrogens is 219 g/mol. The van der Waals surface area contributed by atoms with Crippen molar-refractivity contribution in [1.29, 1.82) is 0 Å². The van der Waals surface area contributed by atoms with Gasteiger partial charge in [0.2, 0.25) is 0 Å². The van der Waals surface area contributed by atoms with E-state index in [0.717, 1.165) is 0 Å². The minimum atomic E-state index is -4.18. The van der Waals surface area contributed by atoms with Gasteiger partial charge in [-0.2, -0.15) is 0 Å². The Balaban J connectivity index is 0. The molecule has 0 aliphatic carbocycles. The van der Waals surface area contributed by atoms with Gasteiger partial charge >= 0.3 is 35.5 Å². The SMILES string of the molecule is CCCC(=O)OCCCS(=O)(=O)[O-].[Na+]. The second-order valence-corrected chi connectivity index (χ2v) is 4.11. The van der Waals surface area contributed by atoms with E-state index in [4.69, 9.17) is 0 Å². The molecule has 14 heavy (non-hydrogen) atoms. The third kappa shape index (κ3) is 12.4. The predicted molar refractivity (Wildman–Crippen MR) is 45.0 cm³/mol. The van der Waals surface area contributed by atoms with Gasteiger partial charge < -0.3 is 9.29 Å². The Kier molecular flexibility index (Phi) is 10.4. The van der Waals surface area contributed by atoms with Crippen LogP contribution in [0.5, 0.6) is 0 Å². The number of rotatable bonds is 6. The summed E-state index contributed by atoms with van der Waals surface area (Å²) in [5, 5.41) is 0. The van der Waals surface area contributed by atoms with E-state index in [1.54, 1.807) is 0 Å². The third-order valence-electron chi connectivity index (χ3n) is 1.26. The summed E-state index contributed by atoms with van der Waals surface area (Å²) in [6.45, 7) is 1.84. The average molecular weight is 232 g/mol. The standard InChI is InChI=1S/C7H14O5S.Na/c1-2-4-7(8)12-5-3-6-13(9,10)11;/h2-6H2,1H3,(H,9,10,11);/q;+1/p-1. The van der Waals surface area contributed by atoms with Crippen molar-refractivity contribution in [2.75, 3.05) is 12.4 Å². The van der Waals surface area contributed by atoms with Crippen LogP contribution in [0.3, 0.4) is 0 Å². The van der Waals surface area contributed by atoms with Crippen molar-refractivity contribution in [3.63, 3.8) is 0 Å². The summed E-state index contributed by atoms with van der Waals surface area (Å²) in [5.74, 6) is -0.836. The Morgan fingerprint density at radius 3 is 2.43 bits per heavy atom. The van der Waals surface area contributed by atoms with E-state index in [0.29, 0.717) is 12.8 Å². The molecule has 0 unspecified atom stereocenters. The monoisotopic (exact) mass is 232 g/mol. The quantitative estimate of drug-likeness (QED) is 0.215. The Labute approximate surface area is 106 Å². The summed E-state index contributed by atoms with van der Waals surface area (Å²) in [7, 11) is -4.18. The fourth-order valence-electron chi connectivity index (χ4n) is 0.698. The summed E-state index contributed by atoms with van der Waals surface area (Å²) in [4.78, 5) is 10.7. The van der Waals surface area contributed by atoms with Crippen molar-refractivity contribution >= 4 is 16.1 Å². The zero-order valence-corrected chi connectivity index (χ0v) is 11.3. The molecule has 0 fully saturated rings. The van der Waals surface area contributed by atoms with E-state index < -0.39 is 15.9 Å². The van der Waals surface area contributed by atoms with Crippen molar-refractivity contribution in [2.45, 2.75) is 26.2 Å². The van der Waals surface area contributed by atoms with Crippen LogP contribution in [0.4, 0.5) is 0 Å². The van der Waals surface area contributed by atoms with Crippen molar-refractivity contribution in [1.82, 2.24) is 0 Å². The summed E-state index contributed by atoms with van der Waals surface area (Å²) in [6, 6.07) is 0. The van der Waals surface area contributed by atoms with Crippen LogP contribution in [0.15, 0.2) is 0 Å². The van der Waals surface area contributed by atoms with Crippen molar-refractivity contribution in [3.05, 3.63) is 0 Å². The molecule has 0 aliphatic rings. The first-order valence-electron chi connectivity index (χ1n) is 4.05. The zero-order valence-electron chi connectivity index (χ0n) is 8.49. The number of esters is 1. The van der Waals surface area contributed by atoms with E-state index in [1.165, 1.54) is 0 Å². The maximum absolute atomic E-state index is 10.7. The van der Waals surface area contributed by atoms with Crippen molar-refractivity contribution in [2.24, 2.45) is 0 Å². The molecule has 7 heteroatoms. The molecule has 0 aromatic carbocycles. The first kappa shape index (κ1) is 16.8. The van der Waals surface area contributed by atoms with E-state index in [2.05, 4.69) is 4.74 Å². The molecule has 0 N–H and O–H groups in total. The summed E-state index contributed by atoms with van der Waals surface area (Å²) in [6.07, 6.45) is 1.09. The van der Waals surface area contributed by atoms with Crippen molar-refractivity contribution in [3.8, 4) is 0 Å². The molecule has 0 radical (unpaired) electrons. The maximum atomic E-state index is 10.7. The summed E-state index contributed by atoms with van der Waals surface area (Å²) < 4.78 is 35.0. The van der Waals surface area contributed by atoms with Crippen molar-refractivity contribution < 1.29 is 52.1 Å². The number of hydrogen-bond donors (Lipinski definition) is 0. The molecule has 0 aliphatic heterocycles. The maximum Gasteiger partial charge on any atom is 1.00 e. The molecule has 0 aromatic heterocycles. The van der Waals surface area contributed by atoms with Crippen LogP contribution in [0, 0.1) is 0 Å². The molecule has 0 bridgehead atoms. The Bertz CT molecular complexity index is 249. The molecule has 0 aromatic rings. The zero-order chi connectivity index (χ0) is 10.3. The molecule has 0 heterocycles. The van der Waals surface area contributed by atoms with Crippen LogP contribution in [0.1, 0.15) is 26.2 Å². The van der Waals surface area contributed by atoms with Gasteiger partial charge in [0.25, 0.3) is 0 Å². The van der Waals surface area contributed by atoms with E-state index in [9.17, 15) is 17.8 Å². The molecule has 0 atom stereocenters. The summed E-state index contributed by atoms with van der Waals surface area (Å²) >= 11 is 0. The van der Waals surface area contributed by atoms with Gasteiger partial charge in [-0.25, -0.2) is 8.42 Å². The normalized spacial score (nSPS) is 10.4. The third-order valence-corrected chi connectivity index (χ3v) is 2.04. The van der Waals surface area contributed by atoms with Gasteiger partial charge in [-0.3, -0.25) is 4.79 Å². The van der Waals surface area contributed by atoms with E-state index >= 15 is 0 Å². The number of carbonyl (C=O) groups is 1. The van der Waals surface area contributed by atoms with Gasteiger partial charge in [0, 0.05) is 12.2 Å². The van der Waals surface area contributed by atoms with Crippen LogP contribution in [0.25, 0.3) is 0 Å². The molecule has 0 amide bonds. The first-order chi connectivity index (χ1) is 5.95. The fourth-order valence-corrected chi connectivity index (χ4v) is 1.17. The van der Waals surface area contributed by atoms with Gasteiger partial charge in [-0.1, -0.05) is 6.92 Å². The number of hydrogen-bond acceptors (Lipinski definition) is 5. The van der Waals surface area contributed by atoms with E-state index in [-0.39, 0.29) is 48.6 Å². The second kappa shape index (κ2) is 8.67.